The minimum absolute atomic E-state index is 0.0323. The summed E-state index contributed by atoms with van der Waals surface area (Å²) in [6, 6.07) is 7.89. The van der Waals surface area contributed by atoms with Crippen molar-refractivity contribution < 1.29 is 9.53 Å². The highest BCUT2D eigenvalue weighted by Crippen LogP contribution is 2.11. The van der Waals surface area contributed by atoms with Crippen LogP contribution in [0.1, 0.15) is 6.42 Å². The van der Waals surface area contributed by atoms with Gasteiger partial charge < -0.3 is 14.6 Å². The van der Waals surface area contributed by atoms with Crippen molar-refractivity contribution in [1.82, 2.24) is 14.9 Å². The molecule has 18 heavy (non-hydrogen) atoms. The summed E-state index contributed by atoms with van der Waals surface area (Å²) in [4.78, 5) is 15.8. The summed E-state index contributed by atoms with van der Waals surface area (Å²) < 4.78 is 6.86. The molecular weight excluding hydrogens is 230 g/mol. The van der Waals surface area contributed by atoms with Crippen LogP contribution in [0, 0.1) is 0 Å². The first kappa shape index (κ1) is 12.6. The number of rotatable bonds is 6. The summed E-state index contributed by atoms with van der Waals surface area (Å²) >= 11 is 0. The lowest BCUT2D eigenvalue weighted by Crippen LogP contribution is -2.27. The largest absolute Gasteiger partial charge is 0.383 e. The van der Waals surface area contributed by atoms with Crippen molar-refractivity contribution in [1.29, 1.82) is 0 Å². The van der Waals surface area contributed by atoms with E-state index < -0.39 is 0 Å². The molecule has 0 unspecified atom stereocenters. The van der Waals surface area contributed by atoms with Crippen molar-refractivity contribution in [3.05, 3.63) is 30.6 Å². The van der Waals surface area contributed by atoms with Crippen LogP contribution in [0.25, 0.3) is 11.0 Å². The van der Waals surface area contributed by atoms with Gasteiger partial charge in [0, 0.05) is 26.6 Å². The van der Waals surface area contributed by atoms with Crippen molar-refractivity contribution in [2.24, 2.45) is 0 Å². The Morgan fingerprint density at radius 1 is 1.44 bits per heavy atom. The summed E-state index contributed by atoms with van der Waals surface area (Å²) in [5.41, 5.74) is 2.01. The second-order valence-electron chi connectivity index (χ2n) is 4.02. The molecule has 1 aromatic heterocycles. The number of hydrogen-bond donors (Lipinski definition) is 1. The quantitative estimate of drug-likeness (QED) is 0.780. The number of ether oxygens (including phenoxy) is 1. The molecule has 1 amide bonds. The molecule has 1 N–H and O–H groups in total. The van der Waals surface area contributed by atoms with E-state index in [1.54, 1.807) is 13.4 Å². The maximum Gasteiger partial charge on any atom is 0.221 e. The summed E-state index contributed by atoms with van der Waals surface area (Å²) in [6.45, 7) is 1.74. The zero-order valence-electron chi connectivity index (χ0n) is 10.4. The fraction of sp³-hybridized carbons (Fsp3) is 0.385. The Kier molecular flexibility index (Phi) is 4.30. The highest BCUT2D eigenvalue weighted by atomic mass is 16.5. The normalized spacial score (nSPS) is 10.7. The van der Waals surface area contributed by atoms with Gasteiger partial charge in [-0.15, -0.1) is 0 Å². The molecule has 0 aliphatic heterocycles. The van der Waals surface area contributed by atoms with Gasteiger partial charge in [0.1, 0.15) is 0 Å². The number of carbonyl (C=O) groups excluding carboxylic acids is 1. The number of nitrogens with zero attached hydrogens (tertiary/aromatic N) is 2. The number of para-hydroxylation sites is 2. The van der Waals surface area contributed by atoms with Crippen LogP contribution >= 0.6 is 0 Å². The highest BCUT2D eigenvalue weighted by molar-refractivity contribution is 5.77. The van der Waals surface area contributed by atoms with Crippen molar-refractivity contribution in [2.45, 2.75) is 13.0 Å². The van der Waals surface area contributed by atoms with Gasteiger partial charge in [-0.2, -0.15) is 0 Å². The van der Waals surface area contributed by atoms with E-state index in [4.69, 9.17) is 4.74 Å². The average Bonchev–Trinajstić information content (AvgIpc) is 2.80. The Labute approximate surface area is 106 Å². The van der Waals surface area contributed by atoms with Crippen LogP contribution in [0.2, 0.25) is 0 Å². The number of methoxy groups -OCH3 is 1. The van der Waals surface area contributed by atoms with E-state index in [9.17, 15) is 4.79 Å². The molecular formula is C13H17N3O2. The molecule has 0 atom stereocenters. The second-order valence-corrected chi connectivity index (χ2v) is 4.02. The monoisotopic (exact) mass is 247 g/mol. The van der Waals surface area contributed by atoms with Crippen LogP contribution in [0.4, 0.5) is 0 Å². The van der Waals surface area contributed by atoms with Gasteiger partial charge >= 0.3 is 0 Å². The number of aromatic nitrogens is 2. The van der Waals surface area contributed by atoms with E-state index in [0.29, 0.717) is 26.1 Å². The zero-order valence-corrected chi connectivity index (χ0v) is 10.4. The van der Waals surface area contributed by atoms with Crippen molar-refractivity contribution in [3.8, 4) is 0 Å². The number of carbonyl (C=O) groups is 1. The van der Waals surface area contributed by atoms with Crippen LogP contribution < -0.4 is 5.32 Å². The van der Waals surface area contributed by atoms with Gasteiger partial charge in [-0.3, -0.25) is 4.79 Å². The maximum absolute atomic E-state index is 11.5. The maximum atomic E-state index is 11.5. The Morgan fingerprint density at radius 2 is 2.28 bits per heavy atom. The third-order valence-electron chi connectivity index (χ3n) is 2.74. The summed E-state index contributed by atoms with van der Waals surface area (Å²) in [5.74, 6) is 0.0323. The van der Waals surface area contributed by atoms with E-state index >= 15 is 0 Å². The number of nitrogens with one attached hydrogen (secondary N) is 1. The molecule has 96 valence electrons. The number of hydrogen-bond acceptors (Lipinski definition) is 3. The minimum atomic E-state index is 0.0323. The third-order valence-corrected chi connectivity index (χ3v) is 2.74. The van der Waals surface area contributed by atoms with Gasteiger partial charge in [0.05, 0.1) is 24.0 Å². The molecule has 2 aromatic rings. The van der Waals surface area contributed by atoms with Crippen LogP contribution in [0.3, 0.4) is 0 Å². The van der Waals surface area contributed by atoms with Crippen LogP contribution in [-0.2, 0) is 16.1 Å². The van der Waals surface area contributed by atoms with E-state index in [2.05, 4.69) is 10.3 Å². The molecule has 0 aliphatic carbocycles. The van der Waals surface area contributed by atoms with Crippen LogP contribution in [0.5, 0.6) is 0 Å². The number of imidazole rings is 1. The Hall–Kier alpha value is -1.88. The molecule has 1 heterocycles. The molecule has 0 saturated carbocycles. The predicted octanol–water partition coefficient (Wildman–Crippen LogP) is 1.19. The first-order chi connectivity index (χ1) is 8.81. The van der Waals surface area contributed by atoms with Crippen molar-refractivity contribution >= 4 is 16.9 Å². The number of fused-ring (bicyclic) bond motifs is 1. The molecule has 5 heteroatoms. The van der Waals surface area contributed by atoms with Gasteiger partial charge in [-0.05, 0) is 12.1 Å². The molecule has 0 bridgehead atoms. The number of aryl methyl sites for hydroxylation is 1. The summed E-state index contributed by atoms with van der Waals surface area (Å²) in [6.07, 6.45) is 2.22. The first-order valence-electron chi connectivity index (χ1n) is 5.97. The van der Waals surface area contributed by atoms with E-state index in [0.717, 1.165) is 11.0 Å². The Bertz CT molecular complexity index is 522. The van der Waals surface area contributed by atoms with E-state index in [-0.39, 0.29) is 5.91 Å². The third kappa shape index (κ3) is 3.07. The van der Waals surface area contributed by atoms with Gasteiger partial charge in [-0.25, -0.2) is 4.98 Å². The van der Waals surface area contributed by atoms with Gasteiger partial charge in [0.25, 0.3) is 0 Å². The molecule has 5 nitrogen and oxygen atoms in total. The minimum Gasteiger partial charge on any atom is -0.383 e. The van der Waals surface area contributed by atoms with Gasteiger partial charge in [-0.1, -0.05) is 12.1 Å². The van der Waals surface area contributed by atoms with Crippen LogP contribution in [0.15, 0.2) is 30.6 Å². The molecule has 0 aliphatic rings. The molecule has 0 radical (unpaired) electrons. The lowest BCUT2D eigenvalue weighted by molar-refractivity contribution is -0.121. The topological polar surface area (TPSA) is 56.1 Å². The van der Waals surface area contributed by atoms with E-state index in [1.165, 1.54) is 0 Å². The lowest BCUT2D eigenvalue weighted by atomic mass is 10.3. The van der Waals surface area contributed by atoms with Gasteiger partial charge in [0.2, 0.25) is 5.91 Å². The fourth-order valence-electron chi connectivity index (χ4n) is 1.79. The van der Waals surface area contributed by atoms with Crippen molar-refractivity contribution in [2.75, 3.05) is 20.3 Å². The fourth-order valence-corrected chi connectivity index (χ4v) is 1.79. The lowest BCUT2D eigenvalue weighted by Gasteiger charge is -2.05. The highest BCUT2D eigenvalue weighted by Gasteiger charge is 2.04. The molecule has 2 rings (SSSR count). The molecule has 0 fully saturated rings. The standard InChI is InChI=1S/C13H17N3O2/c1-18-9-7-14-13(17)6-8-16-10-15-11-4-2-3-5-12(11)16/h2-5,10H,6-9H2,1H3,(H,14,17). The number of benzene rings is 1. The van der Waals surface area contributed by atoms with Crippen molar-refractivity contribution in [3.63, 3.8) is 0 Å². The first-order valence-corrected chi connectivity index (χ1v) is 5.97. The Morgan fingerprint density at radius 3 is 3.11 bits per heavy atom. The molecule has 1 aromatic carbocycles. The number of amides is 1. The smallest absolute Gasteiger partial charge is 0.221 e. The summed E-state index contributed by atoms with van der Waals surface area (Å²) in [7, 11) is 1.61. The second kappa shape index (κ2) is 6.16. The predicted molar refractivity (Wildman–Crippen MR) is 69.2 cm³/mol. The zero-order chi connectivity index (χ0) is 12.8. The Balaban J connectivity index is 1.88. The van der Waals surface area contributed by atoms with E-state index in [1.807, 2.05) is 28.8 Å². The molecule has 0 saturated heterocycles. The van der Waals surface area contributed by atoms with Crippen LogP contribution in [-0.4, -0.2) is 35.7 Å². The SMILES string of the molecule is COCCNC(=O)CCn1cnc2ccccc21. The summed E-state index contributed by atoms with van der Waals surface area (Å²) in [5, 5.41) is 2.80. The average molecular weight is 247 g/mol. The molecule has 0 spiro atoms. The van der Waals surface area contributed by atoms with Gasteiger partial charge in [0.15, 0.2) is 0 Å².